The molecule has 0 saturated carbocycles. The van der Waals surface area contributed by atoms with Gasteiger partial charge in [0, 0.05) is 13.1 Å². The molecule has 0 amide bonds. The Morgan fingerprint density at radius 2 is 2.06 bits per heavy atom. The molecule has 1 unspecified atom stereocenters. The fourth-order valence-electron chi connectivity index (χ4n) is 1.50. The van der Waals surface area contributed by atoms with Gasteiger partial charge in [-0.15, -0.1) is 0 Å². The first-order valence-electron chi connectivity index (χ1n) is 6.23. The minimum absolute atomic E-state index is 0.801. The van der Waals surface area contributed by atoms with Gasteiger partial charge < -0.3 is 4.90 Å². The van der Waals surface area contributed by atoms with Gasteiger partial charge in [0.1, 0.15) is 0 Å². The van der Waals surface area contributed by atoms with Gasteiger partial charge in [0.05, 0.1) is 0 Å². The number of allylic oxidation sites excluding steroid dienone is 4. The van der Waals surface area contributed by atoms with E-state index in [4.69, 9.17) is 0 Å². The summed E-state index contributed by atoms with van der Waals surface area (Å²) in [6.45, 7) is 12.7. The van der Waals surface area contributed by atoms with E-state index in [1.165, 1.54) is 18.5 Å². The molecule has 92 valence electrons. The molecule has 0 saturated heterocycles. The Labute approximate surface area is 102 Å². The maximum atomic E-state index is 3.65. The third kappa shape index (κ3) is 8.49. The molecule has 0 aromatic heterocycles. The zero-order chi connectivity index (χ0) is 12.4. The van der Waals surface area contributed by atoms with E-state index in [9.17, 15) is 0 Å². The van der Waals surface area contributed by atoms with Gasteiger partial charge in [-0.1, -0.05) is 56.7 Å². The highest BCUT2D eigenvalue weighted by molar-refractivity contribution is 5.14. The molecule has 0 fully saturated rings. The smallest absolute Gasteiger partial charge is 0.00156 e. The summed E-state index contributed by atoms with van der Waals surface area (Å²) in [5, 5.41) is 0. The van der Waals surface area contributed by atoms with Crippen molar-refractivity contribution in [2.45, 2.75) is 33.6 Å². The summed E-state index contributed by atoms with van der Waals surface area (Å²) in [5.41, 5.74) is 1.43. The molecule has 0 bridgehead atoms. The zero-order valence-corrected chi connectivity index (χ0v) is 11.4. The molecule has 0 spiro atoms. The average Bonchev–Trinajstić information content (AvgIpc) is 2.26. The van der Waals surface area contributed by atoms with Crippen LogP contribution in [0.15, 0.2) is 36.5 Å². The highest BCUT2D eigenvalue weighted by Crippen LogP contribution is 2.06. The van der Waals surface area contributed by atoms with Crippen molar-refractivity contribution in [1.29, 1.82) is 0 Å². The maximum absolute atomic E-state index is 3.65. The Bertz CT molecular complexity index is 238. The van der Waals surface area contributed by atoms with Crippen LogP contribution < -0.4 is 0 Å². The normalized spacial score (nSPS) is 14.7. The van der Waals surface area contributed by atoms with Crippen LogP contribution in [-0.2, 0) is 0 Å². The molecule has 0 rings (SSSR count). The van der Waals surface area contributed by atoms with E-state index in [1.54, 1.807) is 6.08 Å². The summed E-state index contributed by atoms with van der Waals surface area (Å²) in [4.78, 5) is 2.42. The minimum atomic E-state index is 0.801. The largest absolute Gasteiger partial charge is 0.306 e. The summed E-state index contributed by atoms with van der Waals surface area (Å²) in [6, 6.07) is 0. The second-order valence-electron chi connectivity index (χ2n) is 4.66. The molecule has 0 aromatic rings. The molecule has 0 aliphatic heterocycles. The zero-order valence-electron chi connectivity index (χ0n) is 11.4. The van der Waals surface area contributed by atoms with Crippen LogP contribution in [0.5, 0.6) is 0 Å². The van der Waals surface area contributed by atoms with Crippen LogP contribution in [0.1, 0.15) is 33.6 Å². The predicted molar refractivity (Wildman–Crippen MR) is 74.7 cm³/mol. The summed E-state index contributed by atoms with van der Waals surface area (Å²) in [5.74, 6) is 0.801. The van der Waals surface area contributed by atoms with Gasteiger partial charge >= 0.3 is 0 Å². The van der Waals surface area contributed by atoms with Crippen molar-refractivity contribution in [3.63, 3.8) is 0 Å². The Balaban J connectivity index is 3.82. The van der Waals surface area contributed by atoms with Crippen molar-refractivity contribution in [3.8, 4) is 0 Å². The van der Waals surface area contributed by atoms with Gasteiger partial charge in [-0.2, -0.15) is 0 Å². The third-order valence-corrected chi connectivity index (χ3v) is 2.84. The first kappa shape index (κ1) is 15.2. The van der Waals surface area contributed by atoms with Crippen LogP contribution in [0.25, 0.3) is 0 Å². The van der Waals surface area contributed by atoms with Crippen LogP contribution in [-0.4, -0.2) is 25.0 Å². The Hall–Kier alpha value is -0.820. The summed E-state index contributed by atoms with van der Waals surface area (Å²) in [6.07, 6.45) is 10.4. The van der Waals surface area contributed by atoms with Crippen molar-refractivity contribution in [1.82, 2.24) is 4.90 Å². The topological polar surface area (TPSA) is 3.24 Å². The fraction of sp³-hybridized carbons (Fsp3) is 0.600. The van der Waals surface area contributed by atoms with Crippen molar-refractivity contribution in [2.24, 2.45) is 5.92 Å². The van der Waals surface area contributed by atoms with E-state index < -0.39 is 0 Å². The van der Waals surface area contributed by atoms with Gasteiger partial charge in [-0.05, 0) is 26.3 Å². The Kier molecular flexibility index (Phi) is 8.93. The van der Waals surface area contributed by atoms with E-state index in [0.717, 1.165) is 18.9 Å². The summed E-state index contributed by atoms with van der Waals surface area (Å²) >= 11 is 0. The molecule has 0 radical (unpaired) electrons. The van der Waals surface area contributed by atoms with Gasteiger partial charge in [0.15, 0.2) is 0 Å². The second kappa shape index (κ2) is 9.41. The van der Waals surface area contributed by atoms with Gasteiger partial charge in [-0.3, -0.25) is 0 Å². The van der Waals surface area contributed by atoms with Crippen LogP contribution in [0, 0.1) is 5.92 Å². The van der Waals surface area contributed by atoms with Crippen LogP contribution in [0.4, 0.5) is 0 Å². The first-order chi connectivity index (χ1) is 7.60. The standard InChI is InChI=1S/C15H27N/c1-6-8-9-10-15(4)11-12-16(5)13-14(3)7-2/h6,8-10,14H,1,7,11-13H2,2-5H3/b9-8-,15-10+. The Morgan fingerprint density at radius 3 is 2.62 bits per heavy atom. The highest BCUT2D eigenvalue weighted by atomic mass is 15.1. The average molecular weight is 221 g/mol. The minimum Gasteiger partial charge on any atom is -0.306 e. The lowest BCUT2D eigenvalue weighted by atomic mass is 10.1. The number of hydrogen-bond acceptors (Lipinski definition) is 1. The molecule has 1 nitrogen and oxygen atoms in total. The molecular formula is C15H27N. The lowest BCUT2D eigenvalue weighted by molar-refractivity contribution is 0.285. The van der Waals surface area contributed by atoms with E-state index in [2.05, 4.69) is 51.4 Å². The summed E-state index contributed by atoms with van der Waals surface area (Å²) < 4.78 is 0. The van der Waals surface area contributed by atoms with E-state index in [-0.39, 0.29) is 0 Å². The molecular weight excluding hydrogens is 194 g/mol. The number of rotatable bonds is 8. The van der Waals surface area contributed by atoms with Crippen molar-refractivity contribution in [2.75, 3.05) is 20.1 Å². The summed E-state index contributed by atoms with van der Waals surface area (Å²) in [7, 11) is 2.21. The van der Waals surface area contributed by atoms with Gasteiger partial charge in [-0.25, -0.2) is 0 Å². The molecule has 1 atom stereocenters. The van der Waals surface area contributed by atoms with E-state index in [0.29, 0.717) is 0 Å². The van der Waals surface area contributed by atoms with Crippen LogP contribution in [0.2, 0.25) is 0 Å². The van der Waals surface area contributed by atoms with Crippen LogP contribution in [0.3, 0.4) is 0 Å². The lowest BCUT2D eigenvalue weighted by Gasteiger charge is -2.20. The molecule has 0 aliphatic rings. The Morgan fingerprint density at radius 1 is 1.38 bits per heavy atom. The van der Waals surface area contributed by atoms with E-state index >= 15 is 0 Å². The van der Waals surface area contributed by atoms with Crippen molar-refractivity contribution < 1.29 is 0 Å². The van der Waals surface area contributed by atoms with Crippen molar-refractivity contribution >= 4 is 0 Å². The monoisotopic (exact) mass is 221 g/mol. The van der Waals surface area contributed by atoms with Gasteiger partial charge in [0.25, 0.3) is 0 Å². The third-order valence-electron chi connectivity index (χ3n) is 2.84. The molecule has 1 heteroatoms. The molecule has 0 aliphatic carbocycles. The first-order valence-corrected chi connectivity index (χ1v) is 6.23. The van der Waals surface area contributed by atoms with Crippen molar-refractivity contribution in [3.05, 3.63) is 36.5 Å². The number of nitrogens with zero attached hydrogens (tertiary/aromatic N) is 1. The maximum Gasteiger partial charge on any atom is 0.00156 e. The molecule has 0 aromatic carbocycles. The quantitative estimate of drug-likeness (QED) is 0.559. The molecule has 16 heavy (non-hydrogen) atoms. The molecule has 0 N–H and O–H groups in total. The van der Waals surface area contributed by atoms with Crippen LogP contribution >= 0.6 is 0 Å². The fourth-order valence-corrected chi connectivity index (χ4v) is 1.50. The molecule has 0 heterocycles. The SMILES string of the molecule is C=C/C=C\C=C(/C)CCN(C)CC(C)CC. The number of hydrogen-bond donors (Lipinski definition) is 0. The van der Waals surface area contributed by atoms with Gasteiger partial charge in [0.2, 0.25) is 0 Å². The highest BCUT2D eigenvalue weighted by Gasteiger charge is 2.03. The lowest BCUT2D eigenvalue weighted by Crippen LogP contribution is -2.25. The van der Waals surface area contributed by atoms with E-state index in [1.807, 2.05) is 6.08 Å². The predicted octanol–water partition coefficient (Wildman–Crippen LogP) is 4.04. The second-order valence-corrected chi connectivity index (χ2v) is 4.66.